The first-order valence-corrected chi connectivity index (χ1v) is 6.11. The van der Waals surface area contributed by atoms with E-state index in [0.717, 1.165) is 30.9 Å². The third kappa shape index (κ3) is 2.51. The number of aromatic amines is 1. The molecule has 0 unspecified atom stereocenters. The van der Waals surface area contributed by atoms with Gasteiger partial charge in [-0.1, -0.05) is 0 Å². The molecule has 0 saturated carbocycles. The van der Waals surface area contributed by atoms with Crippen LogP contribution < -0.4 is 5.32 Å². The fourth-order valence-corrected chi connectivity index (χ4v) is 1.87. The summed E-state index contributed by atoms with van der Waals surface area (Å²) in [5.41, 5.74) is 3.03. The maximum Gasteiger partial charge on any atom is 0.200 e. The number of tetrazole rings is 1. The van der Waals surface area contributed by atoms with Gasteiger partial charge in [-0.05, 0) is 47.9 Å². The van der Waals surface area contributed by atoms with E-state index in [2.05, 4.69) is 36.1 Å². The molecule has 19 heavy (non-hydrogen) atoms. The predicted octanol–water partition coefficient (Wildman–Crippen LogP) is 0.596. The largest absolute Gasteiger partial charge is 0.369 e. The molecule has 3 aromatic rings. The second kappa shape index (κ2) is 5.01. The highest BCUT2D eigenvalue weighted by Crippen LogP contribution is 2.07. The molecule has 0 aliphatic rings. The molecule has 8 nitrogen and oxygen atoms in total. The Morgan fingerprint density at radius 3 is 3.16 bits per heavy atom. The Morgan fingerprint density at radius 1 is 1.37 bits per heavy atom. The van der Waals surface area contributed by atoms with Gasteiger partial charge in [-0.3, -0.25) is 5.10 Å². The Morgan fingerprint density at radius 2 is 2.32 bits per heavy atom. The Bertz CT molecular complexity index is 670. The Kier molecular flexibility index (Phi) is 3.05. The molecule has 0 aliphatic heterocycles. The highest BCUT2D eigenvalue weighted by molar-refractivity contribution is 5.41. The van der Waals surface area contributed by atoms with Gasteiger partial charge in [-0.2, -0.15) is 5.10 Å². The van der Waals surface area contributed by atoms with Gasteiger partial charge in [0.1, 0.15) is 5.82 Å². The van der Waals surface area contributed by atoms with Gasteiger partial charge in [0.25, 0.3) is 0 Å². The smallest absolute Gasteiger partial charge is 0.200 e. The van der Waals surface area contributed by atoms with E-state index in [1.165, 1.54) is 10.2 Å². The fourth-order valence-electron chi connectivity index (χ4n) is 1.87. The number of hydrogen-bond donors (Lipinski definition) is 2. The van der Waals surface area contributed by atoms with Gasteiger partial charge >= 0.3 is 0 Å². The summed E-state index contributed by atoms with van der Waals surface area (Å²) in [6, 6.07) is 3.70. The van der Waals surface area contributed by atoms with Crippen LogP contribution >= 0.6 is 0 Å². The second-order valence-corrected chi connectivity index (χ2v) is 4.30. The van der Waals surface area contributed by atoms with Crippen molar-refractivity contribution in [2.75, 3.05) is 11.9 Å². The lowest BCUT2D eigenvalue weighted by Gasteiger charge is -2.04. The molecule has 0 aromatic carbocycles. The van der Waals surface area contributed by atoms with Crippen LogP contribution in [0.2, 0.25) is 0 Å². The van der Waals surface area contributed by atoms with E-state index >= 15 is 0 Å². The monoisotopic (exact) mass is 258 g/mol. The van der Waals surface area contributed by atoms with Crippen molar-refractivity contribution in [1.29, 1.82) is 0 Å². The lowest BCUT2D eigenvalue weighted by atomic mass is 10.1. The summed E-state index contributed by atoms with van der Waals surface area (Å²) in [5, 5.41) is 25.5. The number of hydrogen-bond acceptors (Lipinski definition) is 6. The van der Waals surface area contributed by atoms with Crippen molar-refractivity contribution in [1.82, 2.24) is 35.5 Å². The second-order valence-electron chi connectivity index (χ2n) is 4.30. The molecule has 3 rings (SSSR count). The van der Waals surface area contributed by atoms with Crippen LogP contribution in [0.15, 0.2) is 18.3 Å². The maximum absolute atomic E-state index is 4.24. The summed E-state index contributed by atoms with van der Waals surface area (Å²) in [6.07, 6.45) is 3.87. The molecular formula is C11H14N8. The van der Waals surface area contributed by atoms with Crippen LogP contribution in [0.4, 0.5) is 5.82 Å². The van der Waals surface area contributed by atoms with E-state index < -0.39 is 0 Å². The van der Waals surface area contributed by atoms with E-state index in [1.54, 1.807) is 0 Å². The van der Waals surface area contributed by atoms with Crippen LogP contribution in [0, 0.1) is 6.92 Å². The van der Waals surface area contributed by atoms with Crippen molar-refractivity contribution in [3.63, 3.8) is 0 Å². The number of anilines is 1. The van der Waals surface area contributed by atoms with Gasteiger partial charge in [0.15, 0.2) is 5.65 Å². The third-order valence-corrected chi connectivity index (χ3v) is 2.93. The van der Waals surface area contributed by atoms with E-state index in [0.29, 0.717) is 5.65 Å². The first-order valence-electron chi connectivity index (χ1n) is 6.11. The molecule has 0 fully saturated rings. The van der Waals surface area contributed by atoms with Gasteiger partial charge < -0.3 is 5.32 Å². The summed E-state index contributed by atoms with van der Waals surface area (Å²) in [6.45, 7) is 2.87. The van der Waals surface area contributed by atoms with Gasteiger partial charge in [0.05, 0.1) is 6.20 Å². The first-order chi connectivity index (χ1) is 9.33. The lowest BCUT2D eigenvalue weighted by molar-refractivity contribution is 0.731. The molecule has 3 heterocycles. The number of aromatic nitrogens is 7. The van der Waals surface area contributed by atoms with Crippen LogP contribution in [0.1, 0.15) is 17.7 Å². The van der Waals surface area contributed by atoms with E-state index in [-0.39, 0.29) is 0 Å². The summed E-state index contributed by atoms with van der Waals surface area (Å²) in [4.78, 5) is 0. The number of aryl methyl sites for hydroxylation is 2. The molecule has 0 aliphatic carbocycles. The van der Waals surface area contributed by atoms with Crippen LogP contribution in [-0.2, 0) is 6.42 Å². The number of rotatable bonds is 5. The van der Waals surface area contributed by atoms with Crippen molar-refractivity contribution in [2.24, 2.45) is 0 Å². The van der Waals surface area contributed by atoms with E-state index in [9.17, 15) is 0 Å². The molecule has 0 spiro atoms. The van der Waals surface area contributed by atoms with E-state index in [1.807, 2.05) is 25.3 Å². The minimum atomic E-state index is 0.638. The standard InChI is InChI=1S/C11H14N8/c1-8-9(7-13-14-8)3-2-6-12-10-4-5-11-15-17-18-19(11)16-10/h4-5,7H,2-3,6H2,1H3,(H,12,16)(H,13,14). The number of fused-ring (bicyclic) bond motifs is 1. The molecular weight excluding hydrogens is 244 g/mol. The van der Waals surface area contributed by atoms with Crippen molar-refractivity contribution in [3.8, 4) is 0 Å². The summed E-state index contributed by atoms with van der Waals surface area (Å²) >= 11 is 0. The highest BCUT2D eigenvalue weighted by atomic mass is 15.6. The quantitative estimate of drug-likeness (QED) is 0.650. The number of H-pyrrole nitrogens is 1. The molecule has 2 N–H and O–H groups in total. The molecule has 3 aromatic heterocycles. The van der Waals surface area contributed by atoms with Crippen molar-refractivity contribution in [2.45, 2.75) is 19.8 Å². The maximum atomic E-state index is 4.24. The first kappa shape index (κ1) is 11.6. The Hall–Kier alpha value is -2.51. The molecule has 0 saturated heterocycles. The average molecular weight is 258 g/mol. The van der Waals surface area contributed by atoms with Crippen molar-refractivity contribution < 1.29 is 0 Å². The third-order valence-electron chi connectivity index (χ3n) is 2.93. The Balaban J connectivity index is 1.53. The van der Waals surface area contributed by atoms with Crippen LogP contribution in [-0.4, -0.2) is 42.0 Å². The van der Waals surface area contributed by atoms with Crippen LogP contribution in [0.3, 0.4) is 0 Å². The van der Waals surface area contributed by atoms with Gasteiger partial charge in [0.2, 0.25) is 0 Å². The molecule has 0 bridgehead atoms. The highest BCUT2D eigenvalue weighted by Gasteiger charge is 2.02. The number of nitrogens with zero attached hydrogens (tertiary/aromatic N) is 6. The van der Waals surface area contributed by atoms with Gasteiger partial charge in [-0.15, -0.1) is 14.8 Å². The average Bonchev–Trinajstić information content (AvgIpc) is 3.03. The van der Waals surface area contributed by atoms with E-state index in [4.69, 9.17) is 0 Å². The van der Waals surface area contributed by atoms with Gasteiger partial charge in [-0.25, -0.2) is 0 Å². The van der Waals surface area contributed by atoms with Crippen LogP contribution in [0.25, 0.3) is 5.65 Å². The fraction of sp³-hybridized carbons (Fsp3) is 0.364. The summed E-state index contributed by atoms with van der Waals surface area (Å²) < 4.78 is 1.41. The zero-order chi connectivity index (χ0) is 13.1. The number of nitrogens with one attached hydrogen (secondary N) is 2. The molecule has 0 atom stereocenters. The van der Waals surface area contributed by atoms with Crippen LogP contribution in [0.5, 0.6) is 0 Å². The van der Waals surface area contributed by atoms with Crippen molar-refractivity contribution >= 4 is 11.5 Å². The lowest BCUT2D eigenvalue weighted by Crippen LogP contribution is -2.07. The minimum Gasteiger partial charge on any atom is -0.369 e. The van der Waals surface area contributed by atoms with Crippen molar-refractivity contribution in [3.05, 3.63) is 29.6 Å². The molecule has 0 amide bonds. The zero-order valence-corrected chi connectivity index (χ0v) is 10.5. The summed E-state index contributed by atoms with van der Waals surface area (Å²) in [7, 11) is 0. The summed E-state index contributed by atoms with van der Waals surface area (Å²) in [5.74, 6) is 0.767. The molecule has 8 heteroatoms. The predicted molar refractivity (Wildman–Crippen MR) is 68.7 cm³/mol. The SMILES string of the molecule is Cc1[nH]ncc1CCCNc1ccc2nnnn2n1. The topological polar surface area (TPSA) is 96.7 Å². The zero-order valence-electron chi connectivity index (χ0n) is 10.5. The van der Waals surface area contributed by atoms with Gasteiger partial charge in [0, 0.05) is 12.2 Å². The minimum absolute atomic E-state index is 0.638. The normalized spacial score (nSPS) is 11.0. The molecule has 0 radical (unpaired) electrons. The Labute approximate surface area is 109 Å². The molecule has 98 valence electrons.